The van der Waals surface area contributed by atoms with Crippen LogP contribution in [0.4, 0.5) is 10.8 Å². The summed E-state index contributed by atoms with van der Waals surface area (Å²) in [4.78, 5) is 22.7. The number of amides is 1. The Morgan fingerprint density at radius 3 is 2.67 bits per heavy atom. The third-order valence-corrected chi connectivity index (χ3v) is 5.18. The number of rotatable bonds is 4. The van der Waals surface area contributed by atoms with Gasteiger partial charge in [-0.3, -0.25) is 4.79 Å². The molecular weight excluding hydrogens is 344 g/mol. The highest BCUT2D eigenvalue weighted by Crippen LogP contribution is 2.32. The standard InChI is InChI=1S/C17H17ClN4OS/c1-10-4-5-11(2)16-15(10)21-17(24-16)22(3)9-14(23)20-12-6-7-13(18)19-8-12/h4-8H,9H2,1-3H3,(H,20,23). The SMILES string of the molecule is Cc1ccc(C)c2sc(N(C)CC(=O)Nc3ccc(Cl)nc3)nc12. The lowest BCUT2D eigenvalue weighted by Gasteiger charge is -2.15. The number of hydrogen-bond donors (Lipinski definition) is 1. The van der Waals surface area contributed by atoms with E-state index in [-0.39, 0.29) is 12.5 Å². The number of aryl methyl sites for hydroxylation is 2. The Kier molecular flexibility index (Phi) is 4.69. The van der Waals surface area contributed by atoms with E-state index in [4.69, 9.17) is 11.6 Å². The summed E-state index contributed by atoms with van der Waals surface area (Å²) in [7, 11) is 1.86. The minimum absolute atomic E-state index is 0.130. The van der Waals surface area contributed by atoms with Crippen molar-refractivity contribution in [2.24, 2.45) is 0 Å². The normalized spacial score (nSPS) is 10.8. The molecule has 1 amide bonds. The molecule has 0 aliphatic carbocycles. The zero-order chi connectivity index (χ0) is 17.3. The molecule has 0 saturated carbocycles. The second-order valence-electron chi connectivity index (χ2n) is 5.65. The Hall–Kier alpha value is -2.18. The van der Waals surface area contributed by atoms with Gasteiger partial charge in [-0.2, -0.15) is 0 Å². The van der Waals surface area contributed by atoms with Crippen molar-refractivity contribution in [3.63, 3.8) is 0 Å². The lowest BCUT2D eigenvalue weighted by atomic mass is 10.1. The van der Waals surface area contributed by atoms with E-state index in [9.17, 15) is 4.79 Å². The van der Waals surface area contributed by atoms with Crippen molar-refractivity contribution in [1.82, 2.24) is 9.97 Å². The maximum atomic E-state index is 12.2. The highest BCUT2D eigenvalue weighted by Gasteiger charge is 2.14. The fraction of sp³-hybridized carbons (Fsp3) is 0.235. The van der Waals surface area contributed by atoms with Crippen molar-refractivity contribution in [3.05, 3.63) is 46.7 Å². The van der Waals surface area contributed by atoms with Gasteiger partial charge in [-0.05, 0) is 37.1 Å². The summed E-state index contributed by atoms with van der Waals surface area (Å²) < 4.78 is 1.17. The molecule has 0 aliphatic heterocycles. The molecule has 0 radical (unpaired) electrons. The van der Waals surface area contributed by atoms with Gasteiger partial charge < -0.3 is 10.2 Å². The van der Waals surface area contributed by atoms with Crippen LogP contribution in [-0.4, -0.2) is 29.5 Å². The molecule has 0 unspecified atom stereocenters. The third-order valence-electron chi connectivity index (χ3n) is 3.65. The number of benzene rings is 1. The summed E-state index contributed by atoms with van der Waals surface area (Å²) in [5, 5.41) is 4.02. The van der Waals surface area contributed by atoms with E-state index in [1.807, 2.05) is 18.9 Å². The number of thiazole rings is 1. The van der Waals surface area contributed by atoms with Gasteiger partial charge in [0.15, 0.2) is 5.13 Å². The lowest BCUT2D eigenvalue weighted by Crippen LogP contribution is -2.29. The van der Waals surface area contributed by atoms with Gasteiger partial charge >= 0.3 is 0 Å². The molecule has 3 rings (SSSR count). The first-order chi connectivity index (χ1) is 11.4. The van der Waals surface area contributed by atoms with Gasteiger partial charge in [0, 0.05) is 7.05 Å². The molecule has 0 bridgehead atoms. The number of anilines is 2. The van der Waals surface area contributed by atoms with E-state index >= 15 is 0 Å². The molecule has 5 nitrogen and oxygen atoms in total. The van der Waals surface area contributed by atoms with E-state index in [1.54, 1.807) is 23.5 Å². The van der Waals surface area contributed by atoms with Gasteiger partial charge in [-0.25, -0.2) is 9.97 Å². The first-order valence-corrected chi connectivity index (χ1v) is 8.63. The Balaban J connectivity index is 1.73. The largest absolute Gasteiger partial charge is 0.342 e. The predicted octanol–water partition coefficient (Wildman–Crippen LogP) is 4.04. The molecule has 0 aliphatic rings. The van der Waals surface area contributed by atoms with Crippen molar-refractivity contribution < 1.29 is 4.79 Å². The lowest BCUT2D eigenvalue weighted by molar-refractivity contribution is -0.114. The Morgan fingerprint density at radius 2 is 2.00 bits per heavy atom. The van der Waals surface area contributed by atoms with Gasteiger partial charge in [0.05, 0.1) is 28.6 Å². The number of hydrogen-bond acceptors (Lipinski definition) is 5. The molecule has 24 heavy (non-hydrogen) atoms. The number of fused-ring (bicyclic) bond motifs is 1. The van der Waals surface area contributed by atoms with Crippen LogP contribution in [0.3, 0.4) is 0 Å². The topological polar surface area (TPSA) is 58.1 Å². The smallest absolute Gasteiger partial charge is 0.244 e. The Morgan fingerprint density at radius 1 is 1.25 bits per heavy atom. The van der Waals surface area contributed by atoms with Gasteiger partial charge in [0.2, 0.25) is 5.91 Å². The summed E-state index contributed by atoms with van der Waals surface area (Å²) in [6, 6.07) is 7.53. The molecule has 0 atom stereocenters. The van der Waals surface area contributed by atoms with Crippen LogP contribution < -0.4 is 10.2 Å². The van der Waals surface area contributed by atoms with Gasteiger partial charge in [-0.1, -0.05) is 35.1 Å². The van der Waals surface area contributed by atoms with Crippen molar-refractivity contribution in [3.8, 4) is 0 Å². The van der Waals surface area contributed by atoms with E-state index in [1.165, 1.54) is 16.5 Å². The molecule has 124 valence electrons. The molecule has 2 aromatic heterocycles. The van der Waals surface area contributed by atoms with Gasteiger partial charge in [-0.15, -0.1) is 0 Å². The molecule has 1 N–H and O–H groups in total. The summed E-state index contributed by atoms with van der Waals surface area (Å²) in [6.07, 6.45) is 1.53. The van der Waals surface area contributed by atoms with E-state index in [2.05, 4.69) is 34.3 Å². The van der Waals surface area contributed by atoms with E-state index < -0.39 is 0 Å². The average molecular weight is 361 g/mol. The molecule has 1 aromatic carbocycles. The number of likely N-dealkylation sites (N-methyl/N-ethyl adjacent to an activating group) is 1. The number of nitrogens with zero attached hydrogens (tertiary/aromatic N) is 3. The Labute approximate surface area is 149 Å². The van der Waals surface area contributed by atoms with Crippen LogP contribution in [0, 0.1) is 13.8 Å². The summed E-state index contributed by atoms with van der Waals surface area (Å²) in [6.45, 7) is 4.33. The van der Waals surface area contributed by atoms with Crippen LogP contribution in [-0.2, 0) is 4.79 Å². The van der Waals surface area contributed by atoms with Crippen LogP contribution in [0.5, 0.6) is 0 Å². The molecule has 3 aromatic rings. The quantitative estimate of drug-likeness (QED) is 0.713. The zero-order valence-corrected chi connectivity index (χ0v) is 15.2. The van der Waals surface area contributed by atoms with Crippen molar-refractivity contribution in [1.29, 1.82) is 0 Å². The van der Waals surface area contributed by atoms with Crippen LogP contribution in [0.25, 0.3) is 10.2 Å². The van der Waals surface area contributed by atoms with Crippen molar-refractivity contribution in [2.45, 2.75) is 13.8 Å². The number of carbonyl (C=O) groups excluding carboxylic acids is 1. The minimum Gasteiger partial charge on any atom is -0.342 e. The second kappa shape index (κ2) is 6.75. The fourth-order valence-corrected chi connectivity index (χ4v) is 3.53. The molecule has 7 heteroatoms. The number of aromatic nitrogens is 2. The monoisotopic (exact) mass is 360 g/mol. The zero-order valence-electron chi connectivity index (χ0n) is 13.6. The third kappa shape index (κ3) is 3.49. The van der Waals surface area contributed by atoms with E-state index in [0.29, 0.717) is 10.8 Å². The first-order valence-electron chi connectivity index (χ1n) is 7.43. The fourth-order valence-electron chi connectivity index (χ4n) is 2.34. The molecular formula is C17H17ClN4OS. The number of nitrogens with one attached hydrogen (secondary N) is 1. The van der Waals surface area contributed by atoms with Crippen molar-refractivity contribution in [2.75, 3.05) is 23.8 Å². The summed E-state index contributed by atoms with van der Waals surface area (Å²) in [5.74, 6) is -0.130. The van der Waals surface area contributed by atoms with Crippen molar-refractivity contribution >= 4 is 49.9 Å². The molecule has 0 saturated heterocycles. The predicted molar refractivity (Wildman–Crippen MR) is 100 cm³/mol. The summed E-state index contributed by atoms with van der Waals surface area (Å²) >= 11 is 7.34. The number of carbonyl (C=O) groups is 1. The van der Waals surface area contributed by atoms with Crippen LogP contribution >= 0.6 is 22.9 Å². The molecule has 2 heterocycles. The second-order valence-corrected chi connectivity index (χ2v) is 7.01. The maximum absolute atomic E-state index is 12.2. The highest BCUT2D eigenvalue weighted by atomic mass is 35.5. The Bertz CT molecular complexity index is 852. The van der Waals surface area contributed by atoms with Gasteiger partial charge in [0.1, 0.15) is 5.15 Å². The molecule has 0 fully saturated rings. The van der Waals surface area contributed by atoms with Gasteiger partial charge in [0.25, 0.3) is 0 Å². The van der Waals surface area contributed by atoms with Crippen LogP contribution in [0.2, 0.25) is 5.15 Å². The minimum atomic E-state index is -0.130. The van der Waals surface area contributed by atoms with Crippen LogP contribution in [0.15, 0.2) is 30.5 Å². The highest BCUT2D eigenvalue weighted by molar-refractivity contribution is 7.22. The molecule has 0 spiro atoms. The average Bonchev–Trinajstić information content (AvgIpc) is 3.00. The van der Waals surface area contributed by atoms with Crippen LogP contribution in [0.1, 0.15) is 11.1 Å². The first kappa shape index (κ1) is 16.7. The van der Waals surface area contributed by atoms with E-state index in [0.717, 1.165) is 16.2 Å². The number of pyridine rings is 1. The number of halogens is 1. The summed E-state index contributed by atoms with van der Waals surface area (Å²) in [5.41, 5.74) is 3.96. The maximum Gasteiger partial charge on any atom is 0.244 e.